The van der Waals surface area contributed by atoms with Gasteiger partial charge >= 0.3 is 0 Å². The van der Waals surface area contributed by atoms with E-state index < -0.39 is 0 Å². The molecule has 0 bridgehead atoms. The van der Waals surface area contributed by atoms with E-state index in [0.717, 1.165) is 36.3 Å². The third-order valence-electron chi connectivity index (χ3n) is 4.68. The fraction of sp³-hybridized carbons (Fsp3) is 0.368. The summed E-state index contributed by atoms with van der Waals surface area (Å²) in [6, 6.07) is 10.5. The zero-order valence-corrected chi connectivity index (χ0v) is 14.0. The van der Waals surface area contributed by atoms with Crippen LogP contribution in [-0.2, 0) is 11.8 Å². The number of carbonyl (C=O) groups is 1. The lowest BCUT2D eigenvalue weighted by Crippen LogP contribution is -2.28. The Kier molecular flexibility index (Phi) is 4.33. The van der Waals surface area contributed by atoms with Gasteiger partial charge in [0.25, 0.3) is 0 Å². The van der Waals surface area contributed by atoms with E-state index in [-0.39, 0.29) is 11.9 Å². The van der Waals surface area contributed by atoms with Crippen molar-refractivity contribution in [3.8, 4) is 0 Å². The van der Waals surface area contributed by atoms with E-state index in [9.17, 15) is 4.79 Å². The third kappa shape index (κ3) is 3.07. The van der Waals surface area contributed by atoms with E-state index >= 15 is 0 Å². The zero-order chi connectivity index (χ0) is 16.4. The largest absolute Gasteiger partial charge is 0.332 e. The van der Waals surface area contributed by atoms with Gasteiger partial charge in [0.2, 0.25) is 5.91 Å². The molecule has 23 heavy (non-hydrogen) atoms. The maximum absolute atomic E-state index is 12.6. The summed E-state index contributed by atoms with van der Waals surface area (Å²) in [5.41, 5.74) is 4.29. The van der Waals surface area contributed by atoms with Crippen molar-refractivity contribution in [1.82, 2.24) is 14.7 Å². The Hall–Kier alpha value is -2.36. The first-order valence-corrected chi connectivity index (χ1v) is 8.11. The van der Waals surface area contributed by atoms with Crippen molar-refractivity contribution >= 4 is 12.0 Å². The van der Waals surface area contributed by atoms with E-state index in [0.29, 0.717) is 0 Å². The fourth-order valence-corrected chi connectivity index (χ4v) is 3.33. The summed E-state index contributed by atoms with van der Waals surface area (Å²) in [6.45, 7) is 4.82. The smallest absolute Gasteiger partial charge is 0.247 e. The van der Waals surface area contributed by atoms with Gasteiger partial charge in [0, 0.05) is 30.9 Å². The van der Waals surface area contributed by atoms with Crippen molar-refractivity contribution in [2.75, 3.05) is 6.54 Å². The molecule has 4 nitrogen and oxygen atoms in total. The van der Waals surface area contributed by atoms with Gasteiger partial charge in [0.15, 0.2) is 0 Å². The van der Waals surface area contributed by atoms with E-state index in [1.807, 2.05) is 54.8 Å². The lowest BCUT2D eigenvalue weighted by atomic mass is 10.0. The van der Waals surface area contributed by atoms with Crippen molar-refractivity contribution in [2.24, 2.45) is 7.05 Å². The molecule has 2 aromatic rings. The maximum atomic E-state index is 12.6. The lowest BCUT2D eigenvalue weighted by molar-refractivity contribution is -0.126. The second-order valence-electron chi connectivity index (χ2n) is 6.14. The van der Waals surface area contributed by atoms with Crippen molar-refractivity contribution < 1.29 is 4.79 Å². The number of nitrogens with zero attached hydrogens (tertiary/aromatic N) is 3. The summed E-state index contributed by atoms with van der Waals surface area (Å²) in [5, 5.41) is 4.39. The lowest BCUT2D eigenvalue weighted by Gasteiger charge is -2.23. The average Bonchev–Trinajstić information content (AvgIpc) is 3.13. The Morgan fingerprint density at radius 3 is 2.65 bits per heavy atom. The molecule has 3 rings (SSSR count). The molecule has 120 valence electrons. The number of likely N-dealkylation sites (tertiary alicyclic amines) is 1. The molecule has 0 aliphatic carbocycles. The summed E-state index contributed by atoms with van der Waals surface area (Å²) in [6.07, 6.45) is 5.69. The van der Waals surface area contributed by atoms with Gasteiger partial charge in [-0.3, -0.25) is 9.48 Å². The number of aryl methyl sites for hydroxylation is 2. The molecule has 1 aliphatic rings. The van der Waals surface area contributed by atoms with Gasteiger partial charge in [-0.15, -0.1) is 0 Å². The molecule has 1 atom stereocenters. The number of hydrogen-bond donors (Lipinski definition) is 0. The predicted molar refractivity (Wildman–Crippen MR) is 91.8 cm³/mol. The average molecular weight is 309 g/mol. The van der Waals surface area contributed by atoms with Crippen LogP contribution in [0.25, 0.3) is 6.08 Å². The van der Waals surface area contributed by atoms with Crippen LogP contribution in [0.2, 0.25) is 0 Å². The molecular formula is C19H23N3O. The normalized spacial score (nSPS) is 18.0. The molecule has 0 unspecified atom stereocenters. The van der Waals surface area contributed by atoms with Crippen LogP contribution in [0.5, 0.6) is 0 Å². The van der Waals surface area contributed by atoms with Gasteiger partial charge in [-0.25, -0.2) is 0 Å². The number of hydrogen-bond acceptors (Lipinski definition) is 2. The van der Waals surface area contributed by atoms with Gasteiger partial charge in [-0.05, 0) is 38.3 Å². The van der Waals surface area contributed by atoms with Crippen LogP contribution >= 0.6 is 0 Å². The number of rotatable bonds is 3. The van der Waals surface area contributed by atoms with Gasteiger partial charge in [0.05, 0.1) is 11.7 Å². The number of amides is 1. The Morgan fingerprint density at radius 1 is 1.26 bits per heavy atom. The summed E-state index contributed by atoms with van der Waals surface area (Å²) in [7, 11) is 1.92. The van der Waals surface area contributed by atoms with Crippen LogP contribution < -0.4 is 0 Å². The van der Waals surface area contributed by atoms with Gasteiger partial charge < -0.3 is 4.90 Å². The minimum atomic E-state index is 0.0824. The highest BCUT2D eigenvalue weighted by molar-refractivity contribution is 5.92. The molecule has 1 amide bonds. The van der Waals surface area contributed by atoms with Gasteiger partial charge in [-0.1, -0.05) is 30.3 Å². The van der Waals surface area contributed by atoms with Crippen LogP contribution in [-0.4, -0.2) is 27.1 Å². The van der Waals surface area contributed by atoms with Crippen molar-refractivity contribution in [3.05, 3.63) is 58.9 Å². The van der Waals surface area contributed by atoms with Gasteiger partial charge in [-0.2, -0.15) is 5.10 Å². The summed E-state index contributed by atoms with van der Waals surface area (Å²) in [4.78, 5) is 14.6. The molecule has 1 aliphatic heterocycles. The van der Waals surface area contributed by atoms with E-state index in [1.54, 1.807) is 6.08 Å². The van der Waals surface area contributed by atoms with E-state index in [1.165, 1.54) is 5.56 Å². The minimum absolute atomic E-state index is 0.0824. The predicted octanol–water partition coefficient (Wildman–Crippen LogP) is 3.41. The van der Waals surface area contributed by atoms with Crippen molar-refractivity contribution in [3.63, 3.8) is 0 Å². The minimum Gasteiger partial charge on any atom is -0.332 e. The second kappa shape index (κ2) is 6.41. The Balaban J connectivity index is 1.78. The fourth-order valence-electron chi connectivity index (χ4n) is 3.33. The SMILES string of the molecule is Cc1nn(C)c(C)c1/C=C\C(=O)N1CCC[C@@H]1c1ccccc1. The summed E-state index contributed by atoms with van der Waals surface area (Å²) in [5.74, 6) is 0.0824. The molecular weight excluding hydrogens is 286 g/mol. The topological polar surface area (TPSA) is 38.1 Å². The van der Waals surface area contributed by atoms with Crippen molar-refractivity contribution in [2.45, 2.75) is 32.7 Å². The molecule has 1 fully saturated rings. The molecule has 0 N–H and O–H groups in total. The Bertz CT molecular complexity index is 731. The van der Waals surface area contributed by atoms with Crippen LogP contribution in [0, 0.1) is 13.8 Å². The second-order valence-corrected chi connectivity index (χ2v) is 6.14. The van der Waals surface area contributed by atoms with E-state index in [2.05, 4.69) is 17.2 Å². The van der Waals surface area contributed by atoms with Gasteiger partial charge in [0.1, 0.15) is 0 Å². The summed E-state index contributed by atoms with van der Waals surface area (Å²) >= 11 is 0. The first-order valence-electron chi connectivity index (χ1n) is 8.11. The van der Waals surface area contributed by atoms with Crippen LogP contribution in [0.4, 0.5) is 0 Å². The molecule has 0 spiro atoms. The molecule has 4 heteroatoms. The molecule has 1 saturated heterocycles. The summed E-state index contributed by atoms with van der Waals surface area (Å²) < 4.78 is 1.85. The van der Waals surface area contributed by atoms with Crippen LogP contribution in [0.1, 0.15) is 41.4 Å². The highest BCUT2D eigenvalue weighted by Crippen LogP contribution is 2.32. The van der Waals surface area contributed by atoms with E-state index in [4.69, 9.17) is 0 Å². The quantitative estimate of drug-likeness (QED) is 0.815. The number of benzene rings is 1. The maximum Gasteiger partial charge on any atom is 0.247 e. The third-order valence-corrected chi connectivity index (χ3v) is 4.68. The van der Waals surface area contributed by atoms with Crippen LogP contribution in [0.3, 0.4) is 0 Å². The molecule has 0 saturated carbocycles. The molecule has 1 aromatic carbocycles. The number of carbonyl (C=O) groups excluding carboxylic acids is 1. The Morgan fingerprint density at radius 2 is 2.00 bits per heavy atom. The molecule has 0 radical (unpaired) electrons. The standard InChI is InChI=1S/C19H23N3O/c1-14-17(15(2)21(3)20-14)11-12-19(23)22-13-7-10-18(22)16-8-5-4-6-9-16/h4-6,8-9,11-12,18H,7,10,13H2,1-3H3/b12-11-/t18-/m1/s1. The highest BCUT2D eigenvalue weighted by Gasteiger charge is 2.28. The zero-order valence-electron chi connectivity index (χ0n) is 14.0. The first-order chi connectivity index (χ1) is 11.1. The Labute approximate surface area is 137 Å². The van der Waals surface area contributed by atoms with Crippen molar-refractivity contribution in [1.29, 1.82) is 0 Å². The molecule has 1 aromatic heterocycles. The molecule has 2 heterocycles. The number of aromatic nitrogens is 2. The first kappa shape index (κ1) is 15.5. The monoisotopic (exact) mass is 309 g/mol. The van der Waals surface area contributed by atoms with Crippen LogP contribution in [0.15, 0.2) is 36.4 Å². The highest BCUT2D eigenvalue weighted by atomic mass is 16.2.